The Bertz CT molecular complexity index is 1320. The van der Waals surface area contributed by atoms with Crippen molar-refractivity contribution in [3.8, 4) is 22.6 Å². The smallest absolute Gasteiger partial charge is 0.255 e. The summed E-state index contributed by atoms with van der Waals surface area (Å²) in [6.07, 6.45) is 3.11. The van der Waals surface area contributed by atoms with Crippen molar-refractivity contribution in [1.29, 1.82) is 0 Å². The summed E-state index contributed by atoms with van der Waals surface area (Å²) in [6.45, 7) is 2.18. The van der Waals surface area contributed by atoms with Gasteiger partial charge in [-0.1, -0.05) is 31.2 Å². The van der Waals surface area contributed by atoms with Crippen LogP contribution >= 0.6 is 0 Å². The summed E-state index contributed by atoms with van der Waals surface area (Å²) in [5.74, 6) is 0.0880. The summed E-state index contributed by atoms with van der Waals surface area (Å²) in [4.78, 5) is 16.6. The molecule has 1 aromatic heterocycles. The lowest BCUT2D eigenvalue weighted by molar-refractivity contribution is 0.0912. The van der Waals surface area contributed by atoms with E-state index in [1.807, 2.05) is 37.4 Å². The topological polar surface area (TPSA) is 83.6 Å². The van der Waals surface area contributed by atoms with Gasteiger partial charge in [0.2, 0.25) is 0 Å². The van der Waals surface area contributed by atoms with Crippen LogP contribution in [0, 0.1) is 5.82 Å². The highest BCUT2D eigenvalue weighted by Gasteiger charge is 2.20. The van der Waals surface area contributed by atoms with Gasteiger partial charge in [0, 0.05) is 22.7 Å². The summed E-state index contributed by atoms with van der Waals surface area (Å²) >= 11 is 0. The van der Waals surface area contributed by atoms with Crippen LogP contribution in [0.2, 0.25) is 0 Å². The highest BCUT2D eigenvalue weighted by atomic mass is 19.1. The number of methoxy groups -OCH3 is 1. The number of aliphatic hydroxyl groups excluding tert-OH is 1. The van der Waals surface area contributed by atoms with Gasteiger partial charge in [-0.2, -0.15) is 0 Å². The Labute approximate surface area is 203 Å². The molecule has 4 aromatic rings. The van der Waals surface area contributed by atoms with Crippen molar-refractivity contribution in [2.24, 2.45) is 0 Å². The summed E-state index contributed by atoms with van der Waals surface area (Å²) < 4.78 is 25.6. The fourth-order valence-electron chi connectivity index (χ4n) is 4.06. The predicted octanol–water partition coefficient (Wildman–Crippen LogP) is 5.10. The molecule has 7 heteroatoms. The number of halogens is 1. The van der Waals surface area contributed by atoms with Gasteiger partial charge in [0.05, 0.1) is 31.9 Å². The monoisotopic (exact) mass is 476 g/mol. The van der Waals surface area contributed by atoms with E-state index in [1.54, 1.807) is 30.3 Å². The first kappa shape index (κ1) is 24.3. The third-order valence-electron chi connectivity index (χ3n) is 5.87. The zero-order valence-corrected chi connectivity index (χ0v) is 19.8. The van der Waals surface area contributed by atoms with E-state index in [1.165, 1.54) is 13.2 Å². The molecular formula is C28H29FN2O4. The first-order valence-corrected chi connectivity index (χ1v) is 11.6. The molecule has 1 amide bonds. The number of amides is 1. The molecule has 0 bridgehead atoms. The minimum Gasteiger partial charge on any atom is -0.497 e. The van der Waals surface area contributed by atoms with Crippen LogP contribution in [0.25, 0.3) is 22.0 Å². The number of carbonyl (C=O) groups is 1. The molecule has 0 radical (unpaired) electrons. The number of ether oxygens (including phenoxy) is 2. The van der Waals surface area contributed by atoms with Gasteiger partial charge in [-0.15, -0.1) is 0 Å². The first-order chi connectivity index (χ1) is 17.0. The zero-order valence-electron chi connectivity index (χ0n) is 19.8. The number of hydrogen-bond acceptors (Lipinski definition) is 4. The minimum absolute atomic E-state index is 0.236. The number of H-pyrrole nitrogens is 1. The van der Waals surface area contributed by atoms with E-state index in [9.17, 15) is 14.3 Å². The molecule has 0 unspecified atom stereocenters. The van der Waals surface area contributed by atoms with Gasteiger partial charge in [0.1, 0.15) is 17.3 Å². The number of hydrogen-bond donors (Lipinski definition) is 3. The van der Waals surface area contributed by atoms with E-state index in [2.05, 4.69) is 10.3 Å². The van der Waals surface area contributed by atoms with Gasteiger partial charge < -0.3 is 24.9 Å². The third-order valence-corrected chi connectivity index (χ3v) is 5.87. The molecule has 6 nitrogen and oxygen atoms in total. The number of carbonyl (C=O) groups excluding carboxylic acids is 1. The van der Waals surface area contributed by atoms with Crippen molar-refractivity contribution in [3.05, 3.63) is 83.8 Å². The molecule has 0 saturated carbocycles. The van der Waals surface area contributed by atoms with Crippen molar-refractivity contribution >= 4 is 16.8 Å². The molecule has 0 aliphatic rings. The molecule has 4 rings (SSSR count). The second kappa shape index (κ2) is 11.1. The lowest BCUT2D eigenvalue weighted by Gasteiger charge is -2.18. The number of rotatable bonds is 10. The van der Waals surface area contributed by atoms with Gasteiger partial charge in [-0.25, -0.2) is 4.39 Å². The molecule has 0 aliphatic heterocycles. The molecule has 1 heterocycles. The van der Waals surface area contributed by atoms with Gasteiger partial charge in [-0.05, 0) is 60.4 Å². The molecule has 0 spiro atoms. The molecule has 0 aliphatic carbocycles. The van der Waals surface area contributed by atoms with Crippen molar-refractivity contribution in [2.45, 2.75) is 25.8 Å². The van der Waals surface area contributed by atoms with E-state index in [0.29, 0.717) is 35.7 Å². The van der Waals surface area contributed by atoms with Crippen LogP contribution < -0.4 is 14.8 Å². The fourth-order valence-corrected chi connectivity index (χ4v) is 4.06. The van der Waals surface area contributed by atoms with E-state index in [0.717, 1.165) is 22.9 Å². The number of fused-ring (bicyclic) bond motifs is 1. The van der Waals surface area contributed by atoms with Crippen LogP contribution in [-0.2, 0) is 6.42 Å². The van der Waals surface area contributed by atoms with Gasteiger partial charge in [0.25, 0.3) is 5.91 Å². The Kier molecular flexibility index (Phi) is 7.67. The van der Waals surface area contributed by atoms with Crippen LogP contribution in [0.5, 0.6) is 11.5 Å². The maximum atomic E-state index is 14.6. The van der Waals surface area contributed by atoms with Crippen molar-refractivity contribution < 1.29 is 23.8 Å². The van der Waals surface area contributed by atoms with E-state index in [4.69, 9.17) is 9.47 Å². The molecule has 182 valence electrons. The van der Waals surface area contributed by atoms with Crippen molar-refractivity contribution in [3.63, 3.8) is 0 Å². The van der Waals surface area contributed by atoms with Crippen LogP contribution in [0.3, 0.4) is 0 Å². The second-order valence-corrected chi connectivity index (χ2v) is 8.32. The molecule has 0 fully saturated rings. The summed E-state index contributed by atoms with van der Waals surface area (Å²) in [5.41, 5.74) is 3.10. The Balaban J connectivity index is 1.62. The van der Waals surface area contributed by atoms with E-state index >= 15 is 0 Å². The van der Waals surface area contributed by atoms with Gasteiger partial charge in [0.15, 0.2) is 0 Å². The molecule has 35 heavy (non-hydrogen) atoms. The van der Waals surface area contributed by atoms with E-state index in [-0.39, 0.29) is 12.2 Å². The number of aromatic amines is 1. The minimum atomic E-state index is -0.516. The SMILES string of the molecule is CCCOc1ccc(-c2cc(OC)ccc2F)cc1C(=O)N[C@H](CO)Cc1c[nH]c2ccccc12. The number of aromatic nitrogens is 1. The average Bonchev–Trinajstić information content (AvgIpc) is 3.30. The van der Waals surface area contributed by atoms with Gasteiger partial charge >= 0.3 is 0 Å². The Morgan fingerprint density at radius 2 is 1.97 bits per heavy atom. The Morgan fingerprint density at radius 3 is 2.74 bits per heavy atom. The van der Waals surface area contributed by atoms with E-state index < -0.39 is 17.8 Å². The molecule has 3 N–H and O–H groups in total. The maximum Gasteiger partial charge on any atom is 0.255 e. The first-order valence-electron chi connectivity index (χ1n) is 11.6. The fraction of sp³-hybridized carbons (Fsp3) is 0.250. The maximum absolute atomic E-state index is 14.6. The molecule has 1 atom stereocenters. The molecule has 0 saturated heterocycles. The Morgan fingerprint density at radius 1 is 1.14 bits per heavy atom. The largest absolute Gasteiger partial charge is 0.497 e. The standard InChI is InChI=1S/C28H29FN2O4/c1-3-12-35-27-11-8-18(23-15-21(34-2)9-10-25(23)29)14-24(27)28(33)31-20(17-32)13-19-16-30-26-7-5-4-6-22(19)26/h4-11,14-16,20,30,32H,3,12-13,17H2,1-2H3,(H,31,33)/t20-/m0/s1. The molecule has 3 aromatic carbocycles. The van der Waals surface area contributed by atoms with Crippen LogP contribution in [0.15, 0.2) is 66.9 Å². The third kappa shape index (κ3) is 5.46. The zero-order chi connectivity index (χ0) is 24.8. The van der Waals surface area contributed by atoms with Crippen molar-refractivity contribution in [2.75, 3.05) is 20.3 Å². The lowest BCUT2D eigenvalue weighted by atomic mass is 10.0. The van der Waals surface area contributed by atoms with Gasteiger partial charge in [-0.3, -0.25) is 4.79 Å². The number of para-hydroxylation sites is 1. The average molecular weight is 477 g/mol. The highest BCUT2D eigenvalue weighted by Crippen LogP contribution is 2.31. The quantitative estimate of drug-likeness (QED) is 0.297. The number of benzene rings is 3. The number of aliphatic hydroxyl groups is 1. The Hall–Kier alpha value is -3.84. The number of nitrogens with one attached hydrogen (secondary N) is 2. The summed E-state index contributed by atoms with van der Waals surface area (Å²) in [5, 5.41) is 14.0. The summed E-state index contributed by atoms with van der Waals surface area (Å²) in [7, 11) is 1.51. The van der Waals surface area contributed by atoms with Crippen molar-refractivity contribution in [1.82, 2.24) is 10.3 Å². The normalized spacial score (nSPS) is 11.9. The lowest BCUT2D eigenvalue weighted by Crippen LogP contribution is -2.39. The highest BCUT2D eigenvalue weighted by molar-refractivity contribution is 5.98. The molecular weight excluding hydrogens is 447 g/mol. The van der Waals surface area contributed by atoms with Crippen LogP contribution in [0.1, 0.15) is 29.3 Å². The second-order valence-electron chi connectivity index (χ2n) is 8.32. The van der Waals surface area contributed by atoms with Crippen LogP contribution in [-0.4, -0.2) is 42.4 Å². The summed E-state index contributed by atoms with van der Waals surface area (Å²) in [6, 6.07) is 16.8. The predicted molar refractivity (Wildman–Crippen MR) is 135 cm³/mol. The van der Waals surface area contributed by atoms with Crippen LogP contribution in [0.4, 0.5) is 4.39 Å².